The number of aryl methyl sites for hydroxylation is 1. The Kier molecular flexibility index (Phi) is 4.18. The zero-order valence-corrected chi connectivity index (χ0v) is 12.9. The number of carbonyl (C=O) groups excluding carboxylic acids is 1. The number of nitrogens with two attached hydrogens (primary N) is 1. The lowest BCUT2D eigenvalue weighted by atomic mass is 10.1. The van der Waals surface area contributed by atoms with Crippen LogP contribution in [-0.2, 0) is 0 Å². The van der Waals surface area contributed by atoms with E-state index in [1.165, 1.54) is 12.5 Å². The number of piperidine rings is 1. The van der Waals surface area contributed by atoms with Crippen LogP contribution in [0.25, 0.3) is 0 Å². The molecule has 1 aromatic heterocycles. The summed E-state index contributed by atoms with van der Waals surface area (Å²) in [6.45, 7) is 3.32. The molecule has 1 saturated heterocycles. The molecule has 23 heavy (non-hydrogen) atoms. The van der Waals surface area contributed by atoms with Gasteiger partial charge in [-0.2, -0.15) is 4.98 Å². The zero-order valence-electron chi connectivity index (χ0n) is 12.9. The summed E-state index contributed by atoms with van der Waals surface area (Å²) in [5, 5.41) is 2.61. The molecule has 0 aliphatic carbocycles. The smallest absolute Gasteiger partial charge is 0.292 e. The fourth-order valence-corrected chi connectivity index (χ4v) is 2.79. The molecular formula is C16H19FN4O2. The number of benzene rings is 1. The van der Waals surface area contributed by atoms with Gasteiger partial charge < -0.3 is 20.4 Å². The molecule has 0 unspecified atom stereocenters. The van der Waals surface area contributed by atoms with Crippen LogP contribution in [0.1, 0.15) is 35.5 Å². The second-order valence-electron chi connectivity index (χ2n) is 5.62. The number of rotatable bonds is 3. The van der Waals surface area contributed by atoms with Crippen molar-refractivity contribution in [3.63, 3.8) is 0 Å². The Bertz CT molecular complexity index is 723. The summed E-state index contributed by atoms with van der Waals surface area (Å²) in [6.07, 6.45) is 3.34. The van der Waals surface area contributed by atoms with Gasteiger partial charge in [-0.05, 0) is 44.4 Å². The standard InChI is InChI=1S/C16H19FN4O2/c1-10-14(20-16(18)23-10)15(22)19-11-5-6-13(12(17)9-11)21-7-3-2-4-8-21/h5-6,9H,2-4,7-8H2,1H3,(H2,18,20)(H,19,22). The predicted octanol–water partition coefficient (Wildman–Crippen LogP) is 2.95. The number of nitrogens with one attached hydrogen (secondary N) is 1. The van der Waals surface area contributed by atoms with Gasteiger partial charge in [0.2, 0.25) is 0 Å². The highest BCUT2D eigenvalue weighted by Gasteiger charge is 2.18. The van der Waals surface area contributed by atoms with Crippen LogP contribution in [0.2, 0.25) is 0 Å². The first-order valence-electron chi connectivity index (χ1n) is 7.63. The average molecular weight is 318 g/mol. The van der Waals surface area contributed by atoms with Crippen molar-refractivity contribution in [3.8, 4) is 0 Å². The van der Waals surface area contributed by atoms with Gasteiger partial charge >= 0.3 is 0 Å². The number of hydrogen-bond acceptors (Lipinski definition) is 5. The normalized spacial score (nSPS) is 14.8. The Morgan fingerprint density at radius 3 is 2.70 bits per heavy atom. The van der Waals surface area contributed by atoms with Crippen LogP contribution in [0.5, 0.6) is 0 Å². The van der Waals surface area contributed by atoms with Gasteiger partial charge in [-0.3, -0.25) is 4.79 Å². The highest BCUT2D eigenvalue weighted by atomic mass is 19.1. The van der Waals surface area contributed by atoms with Gasteiger partial charge in [-0.25, -0.2) is 4.39 Å². The molecule has 0 bridgehead atoms. The van der Waals surface area contributed by atoms with Crippen molar-refractivity contribution in [1.82, 2.24) is 4.98 Å². The first-order valence-corrected chi connectivity index (χ1v) is 7.63. The van der Waals surface area contributed by atoms with Crippen molar-refractivity contribution in [2.45, 2.75) is 26.2 Å². The maximum atomic E-state index is 14.3. The van der Waals surface area contributed by atoms with E-state index >= 15 is 0 Å². The van der Waals surface area contributed by atoms with Gasteiger partial charge in [0.25, 0.3) is 11.9 Å². The third-order valence-electron chi connectivity index (χ3n) is 3.93. The molecule has 0 atom stereocenters. The molecule has 7 heteroatoms. The minimum absolute atomic E-state index is 0.0701. The minimum Gasteiger partial charge on any atom is -0.428 e. The summed E-state index contributed by atoms with van der Waals surface area (Å²) < 4.78 is 19.3. The summed E-state index contributed by atoms with van der Waals surface area (Å²) in [5.74, 6) is -0.500. The van der Waals surface area contributed by atoms with Gasteiger partial charge in [0.1, 0.15) is 11.6 Å². The summed E-state index contributed by atoms with van der Waals surface area (Å²) in [6, 6.07) is 4.63. The number of amides is 1. The molecule has 1 aliphatic heterocycles. The van der Waals surface area contributed by atoms with E-state index in [0.29, 0.717) is 17.1 Å². The highest BCUT2D eigenvalue weighted by Crippen LogP contribution is 2.26. The third-order valence-corrected chi connectivity index (χ3v) is 3.93. The van der Waals surface area contributed by atoms with E-state index in [2.05, 4.69) is 10.3 Å². The molecular weight excluding hydrogens is 299 g/mol. The molecule has 1 amide bonds. The number of nitrogen functional groups attached to an aromatic ring is 1. The van der Waals surface area contributed by atoms with E-state index in [-0.39, 0.29) is 17.5 Å². The van der Waals surface area contributed by atoms with E-state index in [1.54, 1.807) is 19.1 Å². The van der Waals surface area contributed by atoms with Gasteiger partial charge in [0, 0.05) is 18.8 Å². The largest absolute Gasteiger partial charge is 0.428 e. The Balaban J connectivity index is 1.75. The maximum absolute atomic E-state index is 14.3. The molecule has 3 N–H and O–H groups in total. The van der Waals surface area contributed by atoms with Crippen LogP contribution in [0.3, 0.4) is 0 Å². The van der Waals surface area contributed by atoms with Gasteiger partial charge in [0.05, 0.1) is 5.69 Å². The predicted molar refractivity (Wildman–Crippen MR) is 86.1 cm³/mol. The van der Waals surface area contributed by atoms with Crippen molar-refractivity contribution in [2.75, 3.05) is 29.0 Å². The number of carbonyl (C=O) groups is 1. The van der Waals surface area contributed by atoms with Crippen molar-refractivity contribution < 1.29 is 13.6 Å². The number of oxazole rings is 1. The lowest BCUT2D eigenvalue weighted by molar-refractivity contribution is 0.102. The van der Waals surface area contributed by atoms with Gasteiger partial charge in [-0.15, -0.1) is 0 Å². The lowest BCUT2D eigenvalue weighted by Gasteiger charge is -2.29. The lowest BCUT2D eigenvalue weighted by Crippen LogP contribution is -2.30. The average Bonchev–Trinajstić information content (AvgIpc) is 2.87. The highest BCUT2D eigenvalue weighted by molar-refractivity contribution is 6.03. The molecule has 122 valence electrons. The van der Waals surface area contributed by atoms with Crippen LogP contribution >= 0.6 is 0 Å². The van der Waals surface area contributed by atoms with Gasteiger partial charge in [0.15, 0.2) is 5.69 Å². The molecule has 0 spiro atoms. The van der Waals surface area contributed by atoms with E-state index in [0.717, 1.165) is 25.9 Å². The fraction of sp³-hybridized carbons (Fsp3) is 0.375. The van der Waals surface area contributed by atoms with E-state index in [4.69, 9.17) is 10.2 Å². The van der Waals surface area contributed by atoms with Crippen LogP contribution < -0.4 is 16.0 Å². The third kappa shape index (κ3) is 3.28. The molecule has 6 nitrogen and oxygen atoms in total. The second-order valence-corrected chi connectivity index (χ2v) is 5.62. The molecule has 1 aliphatic rings. The number of anilines is 3. The summed E-state index contributed by atoms with van der Waals surface area (Å²) in [7, 11) is 0. The minimum atomic E-state index is -0.479. The molecule has 2 heterocycles. The fourth-order valence-electron chi connectivity index (χ4n) is 2.79. The van der Waals surface area contributed by atoms with Crippen LogP contribution in [0, 0.1) is 12.7 Å². The second kappa shape index (κ2) is 6.28. The number of nitrogens with zero attached hydrogens (tertiary/aromatic N) is 2. The number of aromatic nitrogens is 1. The first-order chi connectivity index (χ1) is 11.0. The van der Waals surface area contributed by atoms with Crippen LogP contribution in [0.4, 0.5) is 21.8 Å². The summed E-state index contributed by atoms with van der Waals surface area (Å²) in [4.78, 5) is 18.0. The molecule has 3 rings (SSSR count). The Hall–Kier alpha value is -2.57. The van der Waals surface area contributed by atoms with E-state index in [9.17, 15) is 9.18 Å². The van der Waals surface area contributed by atoms with E-state index < -0.39 is 5.91 Å². The monoisotopic (exact) mass is 318 g/mol. The number of halogens is 1. The Labute approximate surface area is 133 Å². The topological polar surface area (TPSA) is 84.4 Å². The van der Waals surface area contributed by atoms with Crippen molar-refractivity contribution in [3.05, 3.63) is 35.5 Å². The maximum Gasteiger partial charge on any atom is 0.292 e. The quantitative estimate of drug-likeness (QED) is 0.909. The molecule has 1 fully saturated rings. The first kappa shape index (κ1) is 15.3. The van der Waals surface area contributed by atoms with Crippen molar-refractivity contribution in [2.24, 2.45) is 0 Å². The van der Waals surface area contributed by atoms with Crippen molar-refractivity contribution in [1.29, 1.82) is 0 Å². The zero-order chi connectivity index (χ0) is 16.4. The molecule has 1 aromatic carbocycles. The van der Waals surface area contributed by atoms with Crippen LogP contribution in [-0.4, -0.2) is 24.0 Å². The Morgan fingerprint density at radius 1 is 1.35 bits per heavy atom. The summed E-state index contributed by atoms with van der Waals surface area (Å²) in [5.41, 5.74) is 6.46. The van der Waals surface area contributed by atoms with Crippen molar-refractivity contribution >= 4 is 23.3 Å². The Morgan fingerprint density at radius 2 is 2.09 bits per heavy atom. The molecule has 0 saturated carbocycles. The molecule has 0 radical (unpaired) electrons. The molecule has 2 aromatic rings. The number of hydrogen-bond donors (Lipinski definition) is 2. The SMILES string of the molecule is Cc1oc(N)nc1C(=O)Nc1ccc(N2CCCCC2)c(F)c1. The van der Waals surface area contributed by atoms with Gasteiger partial charge in [-0.1, -0.05) is 0 Å². The summed E-state index contributed by atoms with van der Waals surface area (Å²) >= 11 is 0. The van der Waals surface area contributed by atoms with Crippen LogP contribution in [0.15, 0.2) is 22.6 Å². The van der Waals surface area contributed by atoms with E-state index in [1.807, 2.05) is 4.90 Å².